The molecule has 0 spiro atoms. The molecule has 0 unspecified atom stereocenters. The van der Waals surface area contributed by atoms with Crippen LogP contribution in [0.3, 0.4) is 0 Å². The van der Waals surface area contributed by atoms with E-state index in [9.17, 15) is 0 Å². The summed E-state index contributed by atoms with van der Waals surface area (Å²) in [5, 5.41) is 24.2. The van der Waals surface area contributed by atoms with Crippen molar-refractivity contribution >= 4 is 18.9 Å². The quantitative estimate of drug-likeness (QED) is 0.491. The Bertz CT molecular complexity index is 43.4. The maximum Gasteiger partial charge on any atom is 0.0483 e. The van der Waals surface area contributed by atoms with Crippen molar-refractivity contribution in [2.24, 2.45) is 0 Å². The molecule has 3 nitrogen and oxygen atoms in total. The van der Waals surface area contributed by atoms with Crippen LogP contribution in [-0.4, -0.2) is 52.5 Å². The summed E-state index contributed by atoms with van der Waals surface area (Å²) in [6.07, 6.45) is -0.500. The van der Waals surface area contributed by atoms with Gasteiger partial charge in [0.15, 0.2) is 0 Å². The van der Waals surface area contributed by atoms with Crippen molar-refractivity contribution < 1.29 is 15.3 Å². The maximum absolute atomic E-state index is 8.06. The minimum atomic E-state index is -0.167. The van der Waals surface area contributed by atoms with Gasteiger partial charge in [0.2, 0.25) is 0 Å². The van der Waals surface area contributed by atoms with Gasteiger partial charge in [0.25, 0.3) is 0 Å². The normalized spacial score (nSPS) is 8.31. The summed E-state index contributed by atoms with van der Waals surface area (Å²) in [5.41, 5.74) is 0. The topological polar surface area (TPSA) is 60.7 Å². The van der Waals surface area contributed by atoms with Gasteiger partial charge in [0.05, 0.1) is 0 Å². The summed E-state index contributed by atoms with van der Waals surface area (Å²) >= 11 is 0. The SMILES string of the molecule is CC(C)O.CC(C)O.CC(C)O.[Li]. The molecule has 0 heterocycles. The molecule has 0 aliphatic rings. The van der Waals surface area contributed by atoms with Gasteiger partial charge < -0.3 is 15.3 Å². The molecule has 0 aromatic rings. The standard InChI is InChI=1S/3C3H8O.Li/c3*1-3(2)4;/h3*3-4H,1-2H3;. The first kappa shape index (κ1) is 23.4. The van der Waals surface area contributed by atoms with E-state index in [0.29, 0.717) is 0 Å². The first-order valence-corrected chi connectivity index (χ1v) is 4.24. The minimum absolute atomic E-state index is 0. The summed E-state index contributed by atoms with van der Waals surface area (Å²) < 4.78 is 0. The third kappa shape index (κ3) is 6010. The fourth-order valence-corrected chi connectivity index (χ4v) is 0. The summed E-state index contributed by atoms with van der Waals surface area (Å²) in [4.78, 5) is 0. The van der Waals surface area contributed by atoms with Crippen LogP contribution in [0.2, 0.25) is 0 Å². The first-order valence-electron chi connectivity index (χ1n) is 4.24. The summed E-state index contributed by atoms with van der Waals surface area (Å²) in [6.45, 7) is 10.3. The molecule has 0 aliphatic carbocycles. The minimum Gasteiger partial charge on any atom is -0.394 e. The molecule has 0 saturated heterocycles. The number of rotatable bonds is 0. The molecular weight excluding hydrogens is 163 g/mol. The number of hydrogen-bond donors (Lipinski definition) is 3. The zero-order valence-electron chi connectivity index (χ0n) is 10.1. The van der Waals surface area contributed by atoms with Crippen LogP contribution in [0.15, 0.2) is 0 Å². The van der Waals surface area contributed by atoms with Gasteiger partial charge in [-0.2, -0.15) is 0 Å². The Kier molecular flexibility index (Phi) is 32.9. The molecule has 3 N–H and O–H groups in total. The fraction of sp³-hybridized carbons (Fsp3) is 1.00. The Balaban J connectivity index is -0.0000000450. The molecule has 0 rings (SSSR count). The van der Waals surface area contributed by atoms with Crippen LogP contribution in [0.4, 0.5) is 0 Å². The molecule has 13 heavy (non-hydrogen) atoms. The van der Waals surface area contributed by atoms with Gasteiger partial charge in [-0.05, 0) is 41.5 Å². The van der Waals surface area contributed by atoms with Gasteiger partial charge in [-0.15, -0.1) is 0 Å². The largest absolute Gasteiger partial charge is 0.394 e. The average molecular weight is 187 g/mol. The maximum atomic E-state index is 8.06. The predicted molar refractivity (Wildman–Crippen MR) is 57.8 cm³/mol. The van der Waals surface area contributed by atoms with Crippen molar-refractivity contribution in [1.82, 2.24) is 0 Å². The molecule has 0 amide bonds. The third-order valence-electron chi connectivity index (χ3n) is 0. The fourth-order valence-electron chi connectivity index (χ4n) is 0. The van der Waals surface area contributed by atoms with E-state index < -0.39 is 0 Å². The molecular formula is C9H24LiO3. The van der Waals surface area contributed by atoms with E-state index in [4.69, 9.17) is 15.3 Å². The third-order valence-corrected chi connectivity index (χ3v) is 0. The summed E-state index contributed by atoms with van der Waals surface area (Å²) in [6, 6.07) is 0. The van der Waals surface area contributed by atoms with Crippen molar-refractivity contribution in [2.75, 3.05) is 0 Å². The average Bonchev–Trinajstić information content (AvgIpc) is 1.54. The van der Waals surface area contributed by atoms with E-state index in [1.807, 2.05) is 0 Å². The zero-order chi connectivity index (χ0) is 10.7. The Morgan fingerprint density at radius 1 is 0.538 bits per heavy atom. The zero-order valence-corrected chi connectivity index (χ0v) is 10.1. The van der Waals surface area contributed by atoms with E-state index in [-0.39, 0.29) is 37.2 Å². The van der Waals surface area contributed by atoms with E-state index >= 15 is 0 Å². The molecule has 0 atom stereocenters. The van der Waals surface area contributed by atoms with Crippen LogP contribution >= 0.6 is 0 Å². The number of hydrogen-bond acceptors (Lipinski definition) is 3. The Labute approximate surface area is 94.4 Å². The number of aliphatic hydroxyl groups excluding tert-OH is 3. The summed E-state index contributed by atoms with van der Waals surface area (Å²) in [7, 11) is 0. The van der Waals surface area contributed by atoms with E-state index in [1.54, 1.807) is 41.5 Å². The van der Waals surface area contributed by atoms with Crippen LogP contribution in [0, 0.1) is 0 Å². The van der Waals surface area contributed by atoms with Crippen LogP contribution in [-0.2, 0) is 0 Å². The van der Waals surface area contributed by atoms with Gasteiger partial charge >= 0.3 is 0 Å². The van der Waals surface area contributed by atoms with Crippen molar-refractivity contribution in [2.45, 2.75) is 59.9 Å². The van der Waals surface area contributed by atoms with Gasteiger partial charge in [-0.1, -0.05) is 0 Å². The molecule has 4 heteroatoms. The molecule has 0 aromatic carbocycles. The molecule has 1 radical (unpaired) electrons. The van der Waals surface area contributed by atoms with E-state index in [2.05, 4.69) is 0 Å². The molecule has 0 saturated carbocycles. The molecule has 0 aromatic heterocycles. The van der Waals surface area contributed by atoms with Crippen LogP contribution in [0.5, 0.6) is 0 Å². The van der Waals surface area contributed by atoms with E-state index in [0.717, 1.165) is 0 Å². The van der Waals surface area contributed by atoms with Crippen LogP contribution < -0.4 is 0 Å². The van der Waals surface area contributed by atoms with Crippen molar-refractivity contribution in [3.8, 4) is 0 Å². The van der Waals surface area contributed by atoms with Gasteiger partial charge in [0.1, 0.15) is 0 Å². The van der Waals surface area contributed by atoms with Crippen molar-refractivity contribution in [1.29, 1.82) is 0 Å². The van der Waals surface area contributed by atoms with E-state index in [1.165, 1.54) is 0 Å². The molecule has 0 bridgehead atoms. The second kappa shape index (κ2) is 18.3. The first-order chi connectivity index (χ1) is 5.20. The Morgan fingerprint density at radius 3 is 0.538 bits per heavy atom. The van der Waals surface area contributed by atoms with Crippen molar-refractivity contribution in [3.63, 3.8) is 0 Å². The van der Waals surface area contributed by atoms with Crippen molar-refractivity contribution in [3.05, 3.63) is 0 Å². The monoisotopic (exact) mass is 187 g/mol. The molecule has 0 fully saturated rings. The smallest absolute Gasteiger partial charge is 0.0483 e. The number of aliphatic hydroxyl groups is 3. The summed E-state index contributed by atoms with van der Waals surface area (Å²) in [5.74, 6) is 0. The predicted octanol–water partition coefficient (Wildman–Crippen LogP) is 0.780. The Hall–Kier alpha value is 0.477. The molecule has 79 valence electrons. The second-order valence-corrected chi connectivity index (χ2v) is 3.28. The Morgan fingerprint density at radius 2 is 0.538 bits per heavy atom. The van der Waals surface area contributed by atoms with Crippen LogP contribution in [0.1, 0.15) is 41.5 Å². The second-order valence-electron chi connectivity index (χ2n) is 3.28. The van der Waals surface area contributed by atoms with Gasteiger partial charge in [-0.3, -0.25) is 0 Å². The molecule has 0 aliphatic heterocycles. The van der Waals surface area contributed by atoms with Crippen LogP contribution in [0.25, 0.3) is 0 Å². The van der Waals surface area contributed by atoms with Gasteiger partial charge in [-0.25, -0.2) is 0 Å². The van der Waals surface area contributed by atoms with Gasteiger partial charge in [0, 0.05) is 37.2 Å².